The van der Waals surface area contributed by atoms with Crippen molar-refractivity contribution in [2.75, 3.05) is 19.1 Å². The zero-order valence-electron chi connectivity index (χ0n) is 12.3. The molecule has 2 aromatic rings. The lowest BCUT2D eigenvalue weighted by Gasteiger charge is -2.18. The van der Waals surface area contributed by atoms with Crippen LogP contribution in [0.15, 0.2) is 40.8 Å². The summed E-state index contributed by atoms with van der Waals surface area (Å²) in [5, 5.41) is 0. The van der Waals surface area contributed by atoms with Crippen molar-refractivity contribution in [3.63, 3.8) is 0 Å². The van der Waals surface area contributed by atoms with Crippen molar-refractivity contribution >= 4 is 17.6 Å². The Labute approximate surface area is 123 Å². The van der Waals surface area contributed by atoms with E-state index in [1.54, 1.807) is 43.4 Å². The number of benzene rings is 1. The summed E-state index contributed by atoms with van der Waals surface area (Å²) in [5.41, 5.74) is 0.807. The smallest absolute Gasteiger partial charge is 0.339 e. The van der Waals surface area contributed by atoms with Gasteiger partial charge in [0.1, 0.15) is 5.76 Å². The summed E-state index contributed by atoms with van der Waals surface area (Å²) in [7, 11) is 2.90. The second kappa shape index (κ2) is 6.26. The van der Waals surface area contributed by atoms with Gasteiger partial charge >= 0.3 is 5.97 Å². The Morgan fingerprint density at radius 1 is 1.19 bits per heavy atom. The predicted octanol–water partition coefficient (Wildman–Crippen LogP) is 2.91. The van der Waals surface area contributed by atoms with Crippen LogP contribution < -0.4 is 4.90 Å². The molecule has 2 rings (SSSR count). The van der Waals surface area contributed by atoms with Gasteiger partial charge < -0.3 is 14.1 Å². The summed E-state index contributed by atoms with van der Waals surface area (Å²) >= 11 is 0. The first-order valence-electron chi connectivity index (χ1n) is 6.62. The maximum absolute atomic E-state index is 12.4. The fourth-order valence-corrected chi connectivity index (χ4v) is 2.01. The highest BCUT2D eigenvalue weighted by atomic mass is 16.5. The summed E-state index contributed by atoms with van der Waals surface area (Å²) in [6.45, 7) is 1.95. The molecule has 0 saturated heterocycles. The maximum atomic E-state index is 12.4. The van der Waals surface area contributed by atoms with Crippen LogP contribution in [0.1, 0.15) is 33.6 Å². The van der Waals surface area contributed by atoms with E-state index in [4.69, 9.17) is 9.15 Å². The van der Waals surface area contributed by atoms with Gasteiger partial charge in [-0.05, 0) is 24.3 Å². The Hall–Kier alpha value is -2.56. The fourth-order valence-electron chi connectivity index (χ4n) is 2.01. The summed E-state index contributed by atoms with van der Waals surface area (Å²) in [6, 6.07) is 10.2. The molecule has 21 heavy (non-hydrogen) atoms. The van der Waals surface area contributed by atoms with Gasteiger partial charge in [0.05, 0.1) is 18.4 Å². The second-order valence-corrected chi connectivity index (χ2v) is 4.49. The zero-order valence-corrected chi connectivity index (χ0v) is 12.3. The topological polar surface area (TPSA) is 59.8 Å². The molecule has 5 heteroatoms. The lowest BCUT2D eigenvalue weighted by atomic mass is 10.1. The fraction of sp³-hybridized carbons (Fsp3) is 0.250. The number of ether oxygens (including phenoxy) is 1. The monoisotopic (exact) mass is 287 g/mol. The Kier molecular flexibility index (Phi) is 4.42. The third kappa shape index (κ3) is 2.97. The molecule has 0 fully saturated rings. The number of methoxy groups -OCH3 is 1. The van der Waals surface area contributed by atoms with Gasteiger partial charge in [0.25, 0.3) is 5.91 Å². The van der Waals surface area contributed by atoms with E-state index in [0.717, 1.165) is 12.2 Å². The van der Waals surface area contributed by atoms with Crippen molar-refractivity contribution in [1.82, 2.24) is 0 Å². The molecule has 0 aliphatic rings. The predicted molar refractivity (Wildman–Crippen MR) is 78.6 cm³/mol. The van der Waals surface area contributed by atoms with Gasteiger partial charge in [-0.25, -0.2) is 4.79 Å². The van der Waals surface area contributed by atoms with E-state index in [9.17, 15) is 9.59 Å². The van der Waals surface area contributed by atoms with Crippen molar-refractivity contribution in [1.29, 1.82) is 0 Å². The number of nitrogens with zero attached hydrogens (tertiary/aromatic N) is 1. The minimum absolute atomic E-state index is 0.244. The molecule has 5 nitrogen and oxygen atoms in total. The third-order valence-electron chi connectivity index (χ3n) is 3.20. The molecule has 1 aromatic heterocycles. The van der Waals surface area contributed by atoms with E-state index >= 15 is 0 Å². The average Bonchev–Trinajstić information content (AvgIpc) is 3.01. The van der Waals surface area contributed by atoms with Crippen molar-refractivity contribution in [2.45, 2.75) is 13.3 Å². The standard InChI is InChI=1S/C16H17NO4/c1-4-11-9-10-14(21-11)15(18)17(2)13-8-6-5-7-12(13)16(19)20-3/h5-10H,4H2,1-3H3. The van der Waals surface area contributed by atoms with E-state index in [-0.39, 0.29) is 11.7 Å². The number of hydrogen-bond acceptors (Lipinski definition) is 4. The van der Waals surface area contributed by atoms with Gasteiger partial charge in [-0.3, -0.25) is 4.79 Å². The van der Waals surface area contributed by atoms with Gasteiger partial charge in [-0.15, -0.1) is 0 Å². The van der Waals surface area contributed by atoms with E-state index < -0.39 is 5.97 Å². The Morgan fingerprint density at radius 2 is 1.90 bits per heavy atom. The van der Waals surface area contributed by atoms with Gasteiger partial charge in [0.15, 0.2) is 5.76 Å². The van der Waals surface area contributed by atoms with Gasteiger partial charge in [0.2, 0.25) is 0 Å². The molecule has 0 aliphatic carbocycles. The Bertz CT molecular complexity index is 660. The molecule has 0 saturated carbocycles. The maximum Gasteiger partial charge on any atom is 0.339 e. The van der Waals surface area contributed by atoms with E-state index in [2.05, 4.69) is 0 Å². The molecule has 0 bridgehead atoms. The first kappa shape index (κ1) is 14.8. The largest absolute Gasteiger partial charge is 0.465 e. The first-order chi connectivity index (χ1) is 10.1. The second-order valence-electron chi connectivity index (χ2n) is 4.49. The number of rotatable bonds is 4. The summed E-state index contributed by atoms with van der Waals surface area (Å²) in [5.74, 6) is 0.187. The molecular formula is C16H17NO4. The van der Waals surface area contributed by atoms with E-state index in [0.29, 0.717) is 11.3 Å². The lowest BCUT2D eigenvalue weighted by molar-refractivity contribution is 0.0601. The van der Waals surface area contributed by atoms with E-state index in [1.807, 2.05) is 6.92 Å². The van der Waals surface area contributed by atoms with Crippen LogP contribution in [0.25, 0.3) is 0 Å². The Morgan fingerprint density at radius 3 is 2.52 bits per heavy atom. The summed E-state index contributed by atoms with van der Waals surface area (Å²) in [4.78, 5) is 25.6. The van der Waals surface area contributed by atoms with Crippen LogP contribution in [0.3, 0.4) is 0 Å². The molecule has 0 aliphatic heterocycles. The van der Waals surface area contributed by atoms with Gasteiger partial charge in [-0.2, -0.15) is 0 Å². The number of para-hydroxylation sites is 1. The molecule has 1 aromatic carbocycles. The average molecular weight is 287 g/mol. The van der Waals surface area contributed by atoms with E-state index in [1.165, 1.54) is 12.0 Å². The summed E-state index contributed by atoms with van der Waals surface area (Å²) < 4.78 is 10.2. The van der Waals surface area contributed by atoms with Gasteiger partial charge in [0, 0.05) is 13.5 Å². The molecule has 0 atom stereocenters. The number of carbonyl (C=O) groups excluding carboxylic acids is 2. The number of anilines is 1. The molecule has 0 radical (unpaired) electrons. The number of esters is 1. The number of amides is 1. The number of carbonyl (C=O) groups is 2. The lowest BCUT2D eigenvalue weighted by Crippen LogP contribution is -2.27. The third-order valence-corrected chi connectivity index (χ3v) is 3.20. The molecular weight excluding hydrogens is 270 g/mol. The minimum atomic E-state index is -0.487. The van der Waals surface area contributed by atoms with Crippen molar-refractivity contribution in [3.05, 3.63) is 53.5 Å². The quantitative estimate of drug-likeness (QED) is 0.811. The molecule has 0 spiro atoms. The number of furan rings is 1. The van der Waals surface area contributed by atoms with Crippen LogP contribution >= 0.6 is 0 Å². The number of hydrogen-bond donors (Lipinski definition) is 0. The highest BCUT2D eigenvalue weighted by molar-refractivity contribution is 6.07. The highest BCUT2D eigenvalue weighted by Crippen LogP contribution is 2.22. The first-order valence-corrected chi connectivity index (χ1v) is 6.62. The van der Waals surface area contributed by atoms with Crippen LogP contribution in [0.2, 0.25) is 0 Å². The van der Waals surface area contributed by atoms with Gasteiger partial charge in [-0.1, -0.05) is 19.1 Å². The van der Waals surface area contributed by atoms with Crippen LogP contribution in [0.4, 0.5) is 5.69 Å². The molecule has 0 N–H and O–H groups in total. The molecule has 1 amide bonds. The highest BCUT2D eigenvalue weighted by Gasteiger charge is 2.21. The minimum Gasteiger partial charge on any atom is -0.465 e. The van der Waals surface area contributed by atoms with Crippen LogP contribution in [-0.2, 0) is 11.2 Å². The summed E-state index contributed by atoms with van der Waals surface area (Å²) in [6.07, 6.45) is 0.718. The van der Waals surface area contributed by atoms with Crippen molar-refractivity contribution < 1.29 is 18.7 Å². The molecule has 1 heterocycles. The molecule has 0 unspecified atom stereocenters. The van der Waals surface area contributed by atoms with Crippen LogP contribution in [0, 0.1) is 0 Å². The van der Waals surface area contributed by atoms with Crippen LogP contribution in [0.5, 0.6) is 0 Å². The number of aryl methyl sites for hydroxylation is 1. The SMILES string of the molecule is CCc1ccc(C(=O)N(C)c2ccccc2C(=O)OC)o1. The van der Waals surface area contributed by atoms with Crippen LogP contribution in [-0.4, -0.2) is 26.0 Å². The normalized spacial score (nSPS) is 10.2. The van der Waals surface area contributed by atoms with Crippen molar-refractivity contribution in [3.8, 4) is 0 Å². The molecule has 110 valence electrons. The Balaban J connectivity index is 2.33. The zero-order chi connectivity index (χ0) is 15.4. The van der Waals surface area contributed by atoms with Crippen molar-refractivity contribution in [2.24, 2.45) is 0 Å².